The fraction of sp³-hybridized carbons (Fsp3) is 0.198. The molecule has 2 N–H and O–H groups in total. The normalized spacial score (nSPS) is 13.1. The molecule has 0 amide bonds. The smallest absolute Gasteiger partial charge is 1.00 e. The van der Waals surface area contributed by atoms with E-state index in [0.29, 0.717) is 55.6 Å². The molecule has 1 aliphatic heterocycles. The summed E-state index contributed by atoms with van der Waals surface area (Å²) in [6, 6.07) is 84.7. The zero-order valence-electron chi connectivity index (χ0n) is 69.9. The standard InChI is InChI=1S/C45H45N3O6S3.C37H39N3O6S3.C8H8Br2.CH2O3.2K.H/c1-34-13-19-43(20-14-34)55(49,50)46-28-37-7-4-9-39(25-37)30-47(56(51,52)44-21-15-35(2)16-22-44)32-41-11-6-12-42(27-41)33-48(31-40-10-5-8-38(26-40)29-46)57(53,54)45-23-17-36(3)18-24-45;1-28-10-16-35(17-11-28)47(41,42)38-24-31-6-4-8-33(22-31)26-40(49(45,46)37-20-14-30(3)15-21-37)27-34-9-5-7-32(23-34)25-39-48(43,44)36-18-12-29(2)13-19-36;9-5-7-2-1-3-8(4-7)6-10;2-1-4-3;;;/h4-27H,28-33H2,1-3H3;4-23,38-39H,24-27H2,1-3H3;1-4H,5-6H2;1,3H;;;/q;;;;2*+1;-1/p-1. The van der Waals surface area contributed by atoms with E-state index in [1.165, 1.54) is 28.3 Å². The number of sulfonamides is 6. The monoisotopic (exact) mass is 1940 g/mol. The van der Waals surface area contributed by atoms with Crippen LogP contribution in [0.3, 0.4) is 0 Å². The van der Waals surface area contributed by atoms with E-state index in [1.807, 2.05) is 114 Å². The van der Waals surface area contributed by atoms with Gasteiger partial charge >= 0.3 is 103 Å². The topological polar surface area (TPSA) is 291 Å². The van der Waals surface area contributed by atoms with E-state index in [2.05, 4.69) is 70.5 Å². The van der Waals surface area contributed by atoms with Crippen molar-refractivity contribution < 1.29 is 170 Å². The number of carbonyl (C=O) groups is 1. The second kappa shape index (κ2) is 47.0. The number of nitrogens with one attached hydrogen (secondary N) is 2. The molecule has 0 saturated heterocycles. The molecule has 0 aliphatic carbocycles. The van der Waals surface area contributed by atoms with E-state index >= 15 is 0 Å². The van der Waals surface area contributed by atoms with Crippen LogP contribution in [0.25, 0.3) is 0 Å². The van der Waals surface area contributed by atoms with Crippen LogP contribution in [-0.2, 0) is 146 Å². The summed E-state index contributed by atoms with van der Waals surface area (Å²) in [7, 11) is -23.6. The first-order valence-corrected chi connectivity index (χ1v) is 48.8. The van der Waals surface area contributed by atoms with Gasteiger partial charge in [-0.2, -0.15) is 17.2 Å². The van der Waals surface area contributed by atoms with Gasteiger partial charge in [0.2, 0.25) is 60.1 Å². The van der Waals surface area contributed by atoms with Crippen molar-refractivity contribution >= 4 is 98.5 Å². The van der Waals surface area contributed by atoms with E-state index in [0.717, 1.165) is 44.0 Å². The van der Waals surface area contributed by atoms with Crippen molar-refractivity contribution in [1.82, 2.24) is 26.7 Å². The Hall–Kier alpha value is -6.24. The van der Waals surface area contributed by atoms with Crippen LogP contribution in [0.2, 0.25) is 0 Å². The van der Waals surface area contributed by atoms with Crippen LogP contribution in [0.4, 0.5) is 0 Å². The molecule has 122 heavy (non-hydrogen) atoms. The number of hydrogen-bond donors (Lipinski definition) is 2. The van der Waals surface area contributed by atoms with Gasteiger partial charge in [-0.3, -0.25) is 4.79 Å². The van der Waals surface area contributed by atoms with Crippen LogP contribution in [0.15, 0.2) is 321 Å². The molecule has 0 saturated carbocycles. The van der Waals surface area contributed by atoms with Crippen LogP contribution in [0.1, 0.15) is 102 Å². The molecule has 1 heterocycles. The van der Waals surface area contributed by atoms with Crippen molar-refractivity contribution in [3.8, 4) is 0 Å². The Labute approximate surface area is 822 Å². The van der Waals surface area contributed by atoms with Gasteiger partial charge in [0.25, 0.3) is 6.47 Å². The van der Waals surface area contributed by atoms with Gasteiger partial charge < -0.3 is 11.6 Å². The van der Waals surface area contributed by atoms with E-state index in [-0.39, 0.29) is 205 Å². The van der Waals surface area contributed by atoms with Gasteiger partial charge in [0, 0.05) is 76.1 Å². The van der Waals surface area contributed by atoms with Gasteiger partial charge in [-0.25, -0.2) is 60.0 Å². The second-order valence-electron chi connectivity index (χ2n) is 29.0. The quantitative estimate of drug-likeness (QED) is 0.0198. The molecule has 0 spiro atoms. The molecule has 0 fully saturated rings. The maximum Gasteiger partial charge on any atom is 1.00 e. The maximum atomic E-state index is 14.4. The predicted molar refractivity (Wildman–Crippen MR) is 473 cm³/mol. The van der Waals surface area contributed by atoms with Crippen LogP contribution in [-0.4, -0.2) is 74.2 Å². The molecule has 13 rings (SSSR count). The first kappa shape index (κ1) is 101. The van der Waals surface area contributed by atoms with Crippen LogP contribution in [0, 0.1) is 41.5 Å². The van der Waals surface area contributed by atoms with Gasteiger partial charge in [-0.15, -0.1) is 0 Å². The third-order valence-electron chi connectivity index (χ3n) is 19.4. The predicted octanol–water partition coefficient (Wildman–Crippen LogP) is 10.1. The molecule has 0 atom stereocenters. The number of hydrogen-bond acceptors (Lipinski definition) is 15. The average molecular weight is 1940 g/mol. The molecule has 21 nitrogen and oxygen atoms in total. The summed E-state index contributed by atoms with van der Waals surface area (Å²) in [6.45, 7) is 11.3. The first-order valence-electron chi connectivity index (χ1n) is 37.9. The summed E-state index contributed by atoms with van der Waals surface area (Å²) in [5.74, 6) is 0. The van der Waals surface area contributed by atoms with E-state index in [4.69, 9.17) is 10.1 Å². The Kier molecular flexibility index (Phi) is 39.0. The fourth-order valence-corrected chi connectivity index (χ4v) is 21.3. The zero-order valence-corrected chi connectivity index (χ0v) is 83.2. The van der Waals surface area contributed by atoms with Crippen LogP contribution >= 0.6 is 31.9 Å². The summed E-state index contributed by atoms with van der Waals surface area (Å²) in [5.41, 5.74) is 15.1. The van der Waals surface area contributed by atoms with E-state index < -0.39 is 60.1 Å². The first-order chi connectivity index (χ1) is 57.1. The Morgan fingerprint density at radius 3 is 0.787 bits per heavy atom. The molecule has 12 aromatic rings. The fourth-order valence-electron chi connectivity index (χ4n) is 12.9. The molecule has 31 heteroatoms. The van der Waals surface area contributed by atoms with Crippen molar-refractivity contribution in [2.75, 3.05) is 0 Å². The molecule has 1 aliphatic rings. The van der Waals surface area contributed by atoms with Gasteiger partial charge in [-0.05, 0) is 181 Å². The summed E-state index contributed by atoms with van der Waals surface area (Å²) in [4.78, 5) is 12.2. The number of fused-ring (bicyclic) bond motifs is 6. The largest absolute Gasteiger partial charge is 1.00 e. The second-order valence-corrected chi connectivity index (χ2v) is 41.4. The molecule has 0 unspecified atom stereocenters. The molecule has 6 bridgehead atoms. The Bertz CT molecular complexity index is 5740. The third kappa shape index (κ3) is 29.2. The number of halogens is 2. The molecule has 0 radical (unpaired) electrons. The van der Waals surface area contributed by atoms with Crippen LogP contribution < -0.4 is 117 Å². The number of aryl methyl sites for hydroxylation is 6. The maximum absolute atomic E-state index is 14.4. The molecule has 630 valence electrons. The van der Waals surface area contributed by atoms with Crippen molar-refractivity contribution in [3.05, 3.63) is 391 Å². The molecular formula is C91H94Br2K2N6O15S6. The number of alkyl halides is 2. The summed E-state index contributed by atoms with van der Waals surface area (Å²) < 4.78 is 177. The van der Waals surface area contributed by atoms with E-state index in [1.54, 1.807) is 194 Å². The summed E-state index contributed by atoms with van der Waals surface area (Å²) >= 11 is 6.81. The van der Waals surface area contributed by atoms with Gasteiger partial charge in [-0.1, -0.05) is 284 Å². The Balaban J connectivity index is 0.000000288. The number of carbonyl (C=O) groups excluding carboxylic acids is 1. The summed E-state index contributed by atoms with van der Waals surface area (Å²) in [6.07, 6.45) is 0. The molecular weight excluding hydrogens is 1850 g/mol. The van der Waals surface area contributed by atoms with Crippen molar-refractivity contribution in [2.45, 2.75) is 147 Å². The van der Waals surface area contributed by atoms with Gasteiger partial charge in [0.05, 0.1) is 29.4 Å². The number of rotatable bonds is 23. The van der Waals surface area contributed by atoms with E-state index in [9.17, 15) is 50.5 Å². The minimum atomic E-state index is -4.03. The number of benzene rings is 12. The zero-order chi connectivity index (χ0) is 86.4. The van der Waals surface area contributed by atoms with Crippen molar-refractivity contribution in [1.29, 1.82) is 0 Å². The van der Waals surface area contributed by atoms with Gasteiger partial charge in [0.1, 0.15) is 0 Å². The molecule has 12 aromatic carbocycles. The SMILES string of the molecule is BrCc1cccc(CBr)c1.Cc1ccc(S(=O)(=O)N2Cc3cccc(c3)CN(S(=O)(=O)c3ccc(C)cc3)Cc3cccc(c3)CN(S(=O)(=O)c3ccc(C)cc3)Cc3cccc(c3)C2)cc1.Cc1ccc(S(=O)(=O)NCc2cccc(CN(Cc3cccc(CNS(=O)(=O)c4ccc(C)cc4)c3)S(=O)(=O)c3ccc(C)cc3)c2)cc1.O=CO[O-].[H-].[K+].[K+]. The Morgan fingerprint density at radius 2 is 0.541 bits per heavy atom. The van der Waals surface area contributed by atoms with Crippen molar-refractivity contribution in [2.24, 2.45) is 0 Å². The van der Waals surface area contributed by atoms with Gasteiger partial charge in [0.15, 0.2) is 0 Å². The Morgan fingerprint density at radius 1 is 0.328 bits per heavy atom. The molecule has 0 aromatic heterocycles. The summed E-state index contributed by atoms with van der Waals surface area (Å²) in [5, 5.41) is 10.3. The average Bonchev–Trinajstić information content (AvgIpc) is 0.795. The third-order valence-corrected chi connectivity index (χ3v) is 30.8. The minimum absolute atomic E-state index is 0. The number of nitrogens with zero attached hydrogens (tertiary/aromatic N) is 4. The van der Waals surface area contributed by atoms with Crippen molar-refractivity contribution in [3.63, 3.8) is 0 Å². The van der Waals surface area contributed by atoms with Crippen LogP contribution in [0.5, 0.6) is 0 Å². The minimum Gasteiger partial charge on any atom is -1.00 e.